The number of aromatic hydroxyl groups is 1. The standard InChI is InChI=1S/C58H61N3O/c1-36(2)39-24-25-51(47(32-39)38-19-14-13-15-20-38)61-52-23-17-22-46(53(52)60-55(61)48-34-45(57(7,8)9)35-49(54(48)62)58(10,11)12)42-29-43(31-44(30-42)56(4,5)6)50-33-41(26-27-59-50)40-21-16-18-37(3)28-40/h13-36,62H,1-12H3/i3D3,16D,18D,21D,26D,27D,28D,33D,36D. The van der Waals surface area contributed by atoms with Gasteiger partial charge in [0.1, 0.15) is 11.6 Å². The van der Waals surface area contributed by atoms with Gasteiger partial charge in [0.15, 0.2) is 0 Å². The summed E-state index contributed by atoms with van der Waals surface area (Å²) in [5.41, 5.74) is 6.40. The summed E-state index contributed by atoms with van der Waals surface area (Å²) in [5, 5.41) is 12.6. The van der Waals surface area contributed by atoms with Crippen molar-refractivity contribution >= 4 is 11.0 Å². The Morgan fingerprint density at radius 2 is 1.35 bits per heavy atom. The Balaban J connectivity index is 1.49. The molecule has 0 aliphatic heterocycles. The van der Waals surface area contributed by atoms with Gasteiger partial charge >= 0.3 is 0 Å². The first-order chi connectivity index (χ1) is 33.7. The Morgan fingerprint density at radius 3 is 2.05 bits per heavy atom. The minimum atomic E-state index is -3.02. The summed E-state index contributed by atoms with van der Waals surface area (Å²) in [4.78, 5) is 10.00. The molecule has 0 aliphatic rings. The van der Waals surface area contributed by atoms with Crippen LogP contribution >= 0.6 is 0 Å². The Hall–Kier alpha value is -6.26. The third-order valence-electron chi connectivity index (χ3n) is 11.5. The Labute approximate surface area is 384 Å². The predicted molar refractivity (Wildman–Crippen MR) is 263 cm³/mol. The van der Waals surface area contributed by atoms with Gasteiger partial charge in [-0.05, 0) is 116 Å². The van der Waals surface area contributed by atoms with Crippen LogP contribution in [0.15, 0.2) is 139 Å². The third kappa shape index (κ3) is 8.23. The van der Waals surface area contributed by atoms with Crippen molar-refractivity contribution < 1.29 is 20.2 Å². The SMILES string of the molecule is [2H]c1nc(-c2cc(-c3cccc4c3nc(-c3cc(C(C)(C)C)cc(C(C)(C)C)c3O)n4-c3ccc(C([2H])(C)C)cc3-c3ccccc3)cc(C(C)(C)C)c2)c([2H])c(-c2c([2H])c([2H])c([2H])c(C([2H])([2H])[2H])c2[2H])c1[2H]. The van der Waals surface area contributed by atoms with Gasteiger partial charge < -0.3 is 5.11 Å². The smallest absolute Gasteiger partial charge is 0.149 e. The van der Waals surface area contributed by atoms with Gasteiger partial charge in [0.2, 0.25) is 0 Å². The molecule has 0 saturated heterocycles. The van der Waals surface area contributed by atoms with Gasteiger partial charge in [-0.15, -0.1) is 0 Å². The van der Waals surface area contributed by atoms with E-state index in [1.807, 2.05) is 126 Å². The molecule has 8 rings (SSSR count). The van der Waals surface area contributed by atoms with Gasteiger partial charge in [-0.3, -0.25) is 9.55 Å². The quantitative estimate of drug-likeness (QED) is 0.174. The molecule has 0 spiro atoms. The van der Waals surface area contributed by atoms with Gasteiger partial charge in [0, 0.05) is 33.9 Å². The van der Waals surface area contributed by atoms with E-state index in [1.165, 1.54) is 0 Å². The number of pyridine rings is 1. The fraction of sp³-hybridized carbons (Fsp3) is 0.276. The van der Waals surface area contributed by atoms with Crippen molar-refractivity contribution in [3.05, 3.63) is 167 Å². The topological polar surface area (TPSA) is 50.9 Å². The van der Waals surface area contributed by atoms with Gasteiger partial charge in [-0.2, -0.15) is 0 Å². The van der Waals surface area contributed by atoms with Crippen LogP contribution < -0.4 is 0 Å². The number of nitrogens with zero attached hydrogens (tertiary/aromatic N) is 3. The van der Waals surface area contributed by atoms with Crippen LogP contribution in [0.4, 0.5) is 0 Å². The number of imidazole rings is 1. The van der Waals surface area contributed by atoms with Crippen LogP contribution in [-0.4, -0.2) is 19.6 Å². The van der Waals surface area contributed by atoms with Crippen LogP contribution in [0.1, 0.15) is 125 Å². The summed E-state index contributed by atoms with van der Waals surface area (Å²) in [7, 11) is 0. The summed E-state index contributed by atoms with van der Waals surface area (Å²) in [5.74, 6) is -0.348. The molecule has 6 aromatic carbocycles. The van der Waals surface area contributed by atoms with E-state index in [9.17, 15) is 6.48 Å². The number of rotatable bonds is 7. The molecule has 0 bridgehead atoms. The van der Waals surface area contributed by atoms with Crippen LogP contribution in [0.3, 0.4) is 0 Å². The molecular formula is C58H61N3O. The van der Waals surface area contributed by atoms with E-state index in [2.05, 4.69) is 57.2 Å². The lowest BCUT2D eigenvalue weighted by atomic mass is 9.79. The Morgan fingerprint density at radius 1 is 0.645 bits per heavy atom. The monoisotopic (exact) mass is 827 g/mol. The maximum atomic E-state index is 12.6. The van der Waals surface area contributed by atoms with Crippen molar-refractivity contribution in [3.8, 4) is 67.5 Å². The van der Waals surface area contributed by atoms with Crippen LogP contribution in [0.2, 0.25) is 0 Å². The summed E-state index contributed by atoms with van der Waals surface area (Å²) >= 11 is 0. The van der Waals surface area contributed by atoms with Crippen LogP contribution in [0.5, 0.6) is 5.75 Å². The number of fused-ring (bicyclic) bond motifs is 1. The van der Waals surface area contributed by atoms with Crippen molar-refractivity contribution in [2.75, 3.05) is 0 Å². The number of aromatic nitrogens is 3. The number of hydrogen-bond acceptors (Lipinski definition) is 3. The molecular weight excluding hydrogens is 755 g/mol. The van der Waals surface area contributed by atoms with E-state index in [0.29, 0.717) is 39.1 Å². The van der Waals surface area contributed by atoms with Gasteiger partial charge in [0.05, 0.1) is 37.6 Å². The van der Waals surface area contributed by atoms with E-state index >= 15 is 0 Å². The first-order valence-corrected chi connectivity index (χ1v) is 21.1. The van der Waals surface area contributed by atoms with Gasteiger partial charge in [-0.1, -0.05) is 167 Å². The molecule has 62 heavy (non-hydrogen) atoms. The highest BCUT2D eigenvalue weighted by Crippen LogP contribution is 2.46. The van der Waals surface area contributed by atoms with E-state index in [0.717, 1.165) is 39.1 Å². The second kappa shape index (κ2) is 15.9. The largest absolute Gasteiger partial charge is 0.507 e. The highest BCUT2D eigenvalue weighted by molar-refractivity contribution is 5.98. The molecule has 0 radical (unpaired) electrons. The fourth-order valence-corrected chi connectivity index (χ4v) is 7.86. The molecule has 2 heterocycles. The van der Waals surface area contributed by atoms with E-state index in [-0.39, 0.29) is 16.9 Å². The molecule has 0 fully saturated rings. The molecule has 0 unspecified atom stereocenters. The molecule has 4 heteroatoms. The van der Waals surface area contributed by atoms with Crippen LogP contribution in [0.25, 0.3) is 72.7 Å². The van der Waals surface area contributed by atoms with Gasteiger partial charge in [0.25, 0.3) is 0 Å². The lowest BCUT2D eigenvalue weighted by Gasteiger charge is -2.27. The first-order valence-electron chi connectivity index (χ1n) is 26.6. The zero-order valence-corrected chi connectivity index (χ0v) is 37.5. The lowest BCUT2D eigenvalue weighted by Crippen LogP contribution is -2.17. The summed E-state index contributed by atoms with van der Waals surface area (Å²) in [6.45, 7) is 19.4. The summed E-state index contributed by atoms with van der Waals surface area (Å²) < 4.78 is 97.6. The molecule has 2 aromatic heterocycles. The van der Waals surface area contributed by atoms with Crippen molar-refractivity contribution in [1.29, 1.82) is 0 Å². The Bertz CT molecular complexity index is 3510. The molecule has 0 saturated carbocycles. The summed E-state index contributed by atoms with van der Waals surface area (Å²) in [6, 6.07) is 27.5. The van der Waals surface area contributed by atoms with Crippen molar-refractivity contribution in [2.24, 2.45) is 0 Å². The molecule has 0 aliphatic carbocycles. The molecule has 314 valence electrons. The van der Waals surface area contributed by atoms with Crippen LogP contribution in [0, 0.1) is 6.85 Å². The van der Waals surface area contributed by atoms with E-state index in [1.54, 1.807) is 0 Å². The maximum absolute atomic E-state index is 12.6. The third-order valence-corrected chi connectivity index (χ3v) is 11.5. The highest BCUT2D eigenvalue weighted by atomic mass is 16.3. The Kier molecular flexibility index (Phi) is 7.87. The average molecular weight is 827 g/mol. The zero-order chi connectivity index (χ0) is 53.8. The van der Waals surface area contributed by atoms with Crippen molar-refractivity contribution in [1.82, 2.24) is 14.5 Å². The fourth-order valence-electron chi connectivity index (χ4n) is 7.86. The molecule has 4 nitrogen and oxygen atoms in total. The van der Waals surface area contributed by atoms with E-state index in [4.69, 9.17) is 18.7 Å². The first kappa shape index (κ1) is 30.7. The van der Waals surface area contributed by atoms with Crippen molar-refractivity contribution in [2.45, 2.75) is 105 Å². The second-order valence-corrected chi connectivity index (χ2v) is 19.5. The number of hydrogen-bond donors (Lipinski definition) is 1. The van der Waals surface area contributed by atoms with E-state index < -0.39 is 82.7 Å². The average Bonchev–Trinajstić information content (AvgIpc) is 3.68. The minimum absolute atomic E-state index is 0.0685. The second-order valence-electron chi connectivity index (χ2n) is 19.5. The zero-order valence-electron chi connectivity index (χ0n) is 48.5. The molecule has 0 atom stereocenters. The molecule has 0 amide bonds. The normalized spacial score (nSPS) is 15.3. The number of para-hydroxylation sites is 1. The van der Waals surface area contributed by atoms with Crippen molar-refractivity contribution in [3.63, 3.8) is 0 Å². The number of phenols is 1. The molecule has 1 N–H and O–H groups in total. The lowest BCUT2D eigenvalue weighted by molar-refractivity contribution is 0.446. The number of benzene rings is 6. The van der Waals surface area contributed by atoms with Crippen LogP contribution in [-0.2, 0) is 16.2 Å². The highest BCUT2D eigenvalue weighted by Gasteiger charge is 2.29. The predicted octanol–water partition coefficient (Wildman–Crippen LogP) is 15.8. The van der Waals surface area contributed by atoms with Gasteiger partial charge in [-0.25, -0.2) is 4.98 Å². The maximum Gasteiger partial charge on any atom is 0.149 e. The minimum Gasteiger partial charge on any atom is -0.507 e. The number of phenolic OH excluding ortho intramolecular Hbond substituents is 1. The molecule has 8 aromatic rings. The summed E-state index contributed by atoms with van der Waals surface area (Å²) in [6.07, 6.45) is -0.592.